The second-order valence-corrected chi connectivity index (χ2v) is 9.53. The Morgan fingerprint density at radius 1 is 1.03 bits per heavy atom. The van der Waals surface area contributed by atoms with Gasteiger partial charge < -0.3 is 24.6 Å². The molecule has 190 valence electrons. The number of carbonyl (C=O) groups excluding carboxylic acids is 3. The molecule has 0 aliphatic heterocycles. The normalized spacial score (nSPS) is 11.9. The minimum Gasteiger partial charge on any atom is -0.458 e. The number of rotatable bonds is 9. The summed E-state index contributed by atoms with van der Waals surface area (Å²) in [6.45, 7) is 5.41. The molecule has 0 saturated carbocycles. The second kappa shape index (κ2) is 12.1. The third-order valence-electron chi connectivity index (χ3n) is 4.83. The van der Waals surface area contributed by atoms with Crippen molar-refractivity contribution in [1.82, 2.24) is 19.8 Å². The van der Waals surface area contributed by atoms with Gasteiger partial charge in [-0.2, -0.15) is 0 Å². The topological polar surface area (TPSA) is 114 Å². The maximum absolute atomic E-state index is 13.1. The van der Waals surface area contributed by atoms with E-state index < -0.39 is 23.7 Å². The smallest absolute Gasteiger partial charge is 0.414 e. The Kier molecular flexibility index (Phi) is 9.56. The first-order valence-corrected chi connectivity index (χ1v) is 11.3. The molecule has 2 aromatic rings. The van der Waals surface area contributed by atoms with Gasteiger partial charge in [-0.3, -0.25) is 4.79 Å². The molecule has 0 aliphatic rings. The predicted molar refractivity (Wildman–Crippen MR) is 132 cm³/mol. The van der Waals surface area contributed by atoms with Gasteiger partial charge in [0.2, 0.25) is 5.91 Å². The van der Waals surface area contributed by atoms with Gasteiger partial charge in [0, 0.05) is 52.8 Å². The van der Waals surface area contributed by atoms with E-state index in [9.17, 15) is 14.4 Å². The summed E-state index contributed by atoms with van der Waals surface area (Å²) in [5, 5.41) is 3.19. The molecular formula is C25H35N5O5. The van der Waals surface area contributed by atoms with Crippen LogP contribution >= 0.6 is 0 Å². The first kappa shape index (κ1) is 27.6. The summed E-state index contributed by atoms with van der Waals surface area (Å²) < 4.78 is 10.9. The summed E-state index contributed by atoms with van der Waals surface area (Å²) in [7, 11) is 6.61. The highest BCUT2D eigenvalue weighted by Crippen LogP contribution is 2.20. The lowest BCUT2D eigenvalue weighted by Gasteiger charge is -2.25. The third-order valence-corrected chi connectivity index (χ3v) is 4.83. The summed E-state index contributed by atoms with van der Waals surface area (Å²) in [5.74, 6) is 0.421. The molecule has 1 N–H and O–H groups in total. The molecule has 0 fully saturated rings. The van der Waals surface area contributed by atoms with Crippen LogP contribution in [0.5, 0.6) is 5.75 Å². The molecule has 0 spiro atoms. The Labute approximate surface area is 206 Å². The summed E-state index contributed by atoms with van der Waals surface area (Å²) >= 11 is 0. The van der Waals surface area contributed by atoms with Gasteiger partial charge in [0.15, 0.2) is 0 Å². The first-order valence-electron chi connectivity index (χ1n) is 11.3. The van der Waals surface area contributed by atoms with E-state index in [1.807, 2.05) is 0 Å². The largest absolute Gasteiger partial charge is 0.458 e. The van der Waals surface area contributed by atoms with E-state index in [1.54, 1.807) is 79.4 Å². The van der Waals surface area contributed by atoms with E-state index in [-0.39, 0.29) is 5.91 Å². The molecule has 0 radical (unpaired) electrons. The van der Waals surface area contributed by atoms with Crippen LogP contribution in [0.4, 0.5) is 10.6 Å². The molecule has 35 heavy (non-hydrogen) atoms. The van der Waals surface area contributed by atoms with Gasteiger partial charge in [-0.25, -0.2) is 19.6 Å². The number of anilines is 1. The maximum atomic E-state index is 13.1. The molecule has 0 aliphatic carbocycles. The van der Waals surface area contributed by atoms with Gasteiger partial charge >= 0.3 is 12.1 Å². The van der Waals surface area contributed by atoms with Crippen LogP contribution in [0, 0.1) is 0 Å². The number of carbonyl (C=O) groups is 3. The molecule has 0 unspecified atom stereocenters. The number of ether oxygens (including phenoxy) is 2. The van der Waals surface area contributed by atoms with Crippen LogP contribution in [-0.2, 0) is 27.2 Å². The minimum absolute atomic E-state index is 0.0152. The quantitative estimate of drug-likeness (QED) is 0.540. The van der Waals surface area contributed by atoms with Crippen molar-refractivity contribution in [3.63, 3.8) is 0 Å². The lowest BCUT2D eigenvalue weighted by Crippen LogP contribution is -2.38. The van der Waals surface area contributed by atoms with Crippen molar-refractivity contribution < 1.29 is 23.9 Å². The molecule has 1 aromatic carbocycles. The van der Waals surface area contributed by atoms with E-state index in [1.165, 1.54) is 16.1 Å². The van der Waals surface area contributed by atoms with Crippen molar-refractivity contribution in [3.05, 3.63) is 47.9 Å². The van der Waals surface area contributed by atoms with E-state index in [2.05, 4.69) is 15.3 Å². The standard InChI is InChI=1S/C25H35N5O5/c1-25(2,3)35-23(32)20(14-17-8-11-19(12-9-17)34-24(33)30(6)7)28-22-18(15-26-16-27-22)10-13-21(31)29(4)5/h8-9,11-12,15-16,20H,10,13-14H2,1-7H3,(H,26,27,28)/t20-/m0/s1. The number of nitrogens with one attached hydrogen (secondary N) is 1. The van der Waals surface area contributed by atoms with E-state index in [4.69, 9.17) is 9.47 Å². The Bertz CT molecular complexity index is 1020. The average Bonchev–Trinajstić information content (AvgIpc) is 2.77. The summed E-state index contributed by atoms with van der Waals surface area (Å²) in [6, 6.07) is 6.17. The molecule has 2 rings (SSSR count). The van der Waals surface area contributed by atoms with Crippen LogP contribution in [-0.4, -0.2) is 77.6 Å². The molecule has 10 heteroatoms. The highest BCUT2D eigenvalue weighted by Gasteiger charge is 2.27. The summed E-state index contributed by atoms with van der Waals surface area (Å²) in [5.41, 5.74) is 0.882. The van der Waals surface area contributed by atoms with Crippen molar-refractivity contribution in [1.29, 1.82) is 0 Å². The van der Waals surface area contributed by atoms with Gasteiger partial charge in [-0.05, 0) is 44.9 Å². The van der Waals surface area contributed by atoms with Crippen LogP contribution in [0.2, 0.25) is 0 Å². The third kappa shape index (κ3) is 9.23. The molecule has 10 nitrogen and oxygen atoms in total. The van der Waals surface area contributed by atoms with Crippen LogP contribution < -0.4 is 10.1 Å². The van der Waals surface area contributed by atoms with Crippen LogP contribution in [0.15, 0.2) is 36.8 Å². The maximum Gasteiger partial charge on any atom is 0.414 e. The summed E-state index contributed by atoms with van der Waals surface area (Å²) in [6.07, 6.45) is 3.57. The lowest BCUT2D eigenvalue weighted by atomic mass is 10.0. The number of amides is 2. The van der Waals surface area contributed by atoms with Crippen LogP contribution in [0.25, 0.3) is 0 Å². The van der Waals surface area contributed by atoms with Crippen molar-refractivity contribution >= 4 is 23.8 Å². The molecule has 1 heterocycles. The zero-order valence-electron chi connectivity index (χ0n) is 21.5. The fraction of sp³-hybridized carbons (Fsp3) is 0.480. The minimum atomic E-state index is -0.748. The van der Waals surface area contributed by atoms with Crippen molar-refractivity contribution in [2.75, 3.05) is 33.5 Å². The number of nitrogens with zero attached hydrogens (tertiary/aromatic N) is 4. The molecule has 2 amide bonds. The van der Waals surface area contributed by atoms with Crippen molar-refractivity contribution in [2.24, 2.45) is 0 Å². The van der Waals surface area contributed by atoms with Gasteiger partial charge in [0.25, 0.3) is 0 Å². The predicted octanol–water partition coefficient (Wildman–Crippen LogP) is 2.92. The number of benzene rings is 1. The van der Waals surface area contributed by atoms with Gasteiger partial charge in [0.05, 0.1) is 0 Å². The number of esters is 1. The van der Waals surface area contributed by atoms with Crippen molar-refractivity contribution in [2.45, 2.75) is 51.7 Å². The molecule has 1 atom stereocenters. The number of hydrogen-bond acceptors (Lipinski definition) is 8. The molecule has 0 saturated heterocycles. The molecule has 1 aromatic heterocycles. The second-order valence-electron chi connectivity index (χ2n) is 9.53. The molecule has 0 bridgehead atoms. The first-order chi connectivity index (χ1) is 16.4. The number of hydrogen-bond donors (Lipinski definition) is 1. The monoisotopic (exact) mass is 485 g/mol. The van der Waals surface area contributed by atoms with Gasteiger partial charge in [-0.1, -0.05) is 12.1 Å². The highest BCUT2D eigenvalue weighted by molar-refractivity contribution is 5.80. The van der Waals surface area contributed by atoms with Gasteiger partial charge in [-0.15, -0.1) is 0 Å². The fourth-order valence-electron chi connectivity index (χ4n) is 2.99. The number of aryl methyl sites for hydroxylation is 1. The Balaban J connectivity index is 2.23. The van der Waals surface area contributed by atoms with E-state index >= 15 is 0 Å². The zero-order chi connectivity index (χ0) is 26.2. The average molecular weight is 486 g/mol. The van der Waals surface area contributed by atoms with E-state index in [0.717, 1.165) is 11.1 Å². The highest BCUT2D eigenvalue weighted by atomic mass is 16.6. The van der Waals surface area contributed by atoms with Crippen molar-refractivity contribution in [3.8, 4) is 5.75 Å². The Hall–Kier alpha value is -3.69. The zero-order valence-corrected chi connectivity index (χ0v) is 21.5. The summed E-state index contributed by atoms with van der Waals surface area (Å²) in [4.78, 5) is 48.1. The van der Waals surface area contributed by atoms with E-state index in [0.29, 0.717) is 30.8 Å². The Morgan fingerprint density at radius 2 is 1.69 bits per heavy atom. The Morgan fingerprint density at radius 3 is 2.26 bits per heavy atom. The lowest BCUT2D eigenvalue weighted by molar-refractivity contribution is -0.155. The SMILES string of the molecule is CN(C)C(=O)CCc1cncnc1N[C@@H](Cc1ccc(OC(=O)N(C)C)cc1)C(=O)OC(C)(C)C. The van der Waals surface area contributed by atoms with Crippen LogP contribution in [0.1, 0.15) is 38.3 Å². The van der Waals surface area contributed by atoms with Crippen LogP contribution in [0.3, 0.4) is 0 Å². The van der Waals surface area contributed by atoms with Gasteiger partial charge in [0.1, 0.15) is 29.5 Å². The fourth-order valence-corrected chi connectivity index (χ4v) is 2.99. The molecular weight excluding hydrogens is 450 g/mol. The number of aromatic nitrogens is 2.